The highest BCUT2D eigenvalue weighted by Crippen LogP contribution is 2.49. The maximum atomic E-state index is 12.0. The lowest BCUT2D eigenvalue weighted by molar-refractivity contribution is -0.143. The van der Waals surface area contributed by atoms with Gasteiger partial charge in [-0.25, -0.2) is 9.59 Å². The van der Waals surface area contributed by atoms with Crippen LogP contribution in [0.4, 0.5) is 4.79 Å². The molecule has 1 saturated heterocycles. The molecule has 1 amide bonds. The van der Waals surface area contributed by atoms with Crippen molar-refractivity contribution in [3.05, 3.63) is 72.9 Å². The van der Waals surface area contributed by atoms with E-state index in [1.54, 1.807) is 0 Å². The van der Waals surface area contributed by atoms with Gasteiger partial charge in [0.1, 0.15) is 12.4 Å². The lowest BCUT2D eigenvalue weighted by Crippen LogP contribution is -2.30. The van der Waals surface area contributed by atoms with Crippen LogP contribution in [0.25, 0.3) is 0 Å². The molecule has 0 aromatic heterocycles. The standard InChI is InChI=1S/C37H53NO7S2/c1-3-4-5-6-7-8-9-10-11-12-13-14-15-16-17-18-19-23-34(41)44-29-28-38-36(43)45-35(42)25-24-33(40)31-32(39)22-20-21-26-37(2)27-30-46-47-37/h4-5,7-8,10-11,13-14,16-17,24-25H,3,6,9,12,15,18-23,26-31H2,1-2H3,(H,38,43)/b5-4-,8-7-,11-10-,14-13-,17-16-,25-24+/t37-/m1/s1. The second kappa shape index (κ2) is 28.0. The Morgan fingerprint density at radius 2 is 1.43 bits per heavy atom. The first-order valence-electron chi connectivity index (χ1n) is 16.7. The molecular formula is C37H53NO7S2. The molecule has 0 aliphatic carbocycles. The van der Waals surface area contributed by atoms with Gasteiger partial charge in [0.05, 0.1) is 13.0 Å². The van der Waals surface area contributed by atoms with Gasteiger partial charge in [-0.2, -0.15) is 0 Å². The smallest absolute Gasteiger partial charge is 0.415 e. The number of esters is 2. The number of amides is 1. The van der Waals surface area contributed by atoms with Crippen molar-refractivity contribution >= 4 is 51.2 Å². The molecular weight excluding hydrogens is 635 g/mol. The van der Waals surface area contributed by atoms with E-state index in [2.05, 4.69) is 78.6 Å². The van der Waals surface area contributed by atoms with E-state index in [1.807, 2.05) is 27.7 Å². The van der Waals surface area contributed by atoms with Crippen molar-refractivity contribution in [2.75, 3.05) is 18.9 Å². The van der Waals surface area contributed by atoms with Crippen molar-refractivity contribution in [2.45, 2.75) is 108 Å². The molecule has 47 heavy (non-hydrogen) atoms. The van der Waals surface area contributed by atoms with Crippen LogP contribution in [-0.4, -0.2) is 53.2 Å². The summed E-state index contributed by atoms with van der Waals surface area (Å²) >= 11 is 0. The fourth-order valence-corrected chi connectivity index (χ4v) is 7.56. The van der Waals surface area contributed by atoms with Crippen LogP contribution in [0.5, 0.6) is 0 Å². The van der Waals surface area contributed by atoms with Crippen LogP contribution in [0.3, 0.4) is 0 Å². The quantitative estimate of drug-likeness (QED) is 0.0251. The van der Waals surface area contributed by atoms with Crippen molar-refractivity contribution in [3.8, 4) is 0 Å². The topological polar surface area (TPSA) is 116 Å². The summed E-state index contributed by atoms with van der Waals surface area (Å²) in [6.07, 6.45) is 32.5. The number of carbonyl (C=O) groups excluding carboxylic acids is 5. The summed E-state index contributed by atoms with van der Waals surface area (Å²) in [5.41, 5.74) is 0. The normalized spacial score (nSPS) is 16.8. The average Bonchev–Trinajstić information content (AvgIpc) is 3.48. The number of hydrogen-bond donors (Lipinski definition) is 1. The Hall–Kier alpha value is -3.11. The number of rotatable bonds is 25. The molecule has 260 valence electrons. The van der Waals surface area contributed by atoms with E-state index in [1.165, 1.54) is 6.42 Å². The summed E-state index contributed by atoms with van der Waals surface area (Å²) in [6.45, 7) is 4.29. The number of nitrogens with one attached hydrogen (secondary N) is 1. The summed E-state index contributed by atoms with van der Waals surface area (Å²) in [5, 5.41) is 2.30. The van der Waals surface area contributed by atoms with Gasteiger partial charge in [0.25, 0.3) is 0 Å². The molecule has 1 atom stereocenters. The maximum absolute atomic E-state index is 12.0. The van der Waals surface area contributed by atoms with Gasteiger partial charge in [-0.05, 0) is 77.2 Å². The number of unbranched alkanes of at least 4 members (excludes halogenated alkanes) is 2. The number of allylic oxidation sites excluding steroid dienone is 11. The largest absolute Gasteiger partial charge is 0.464 e. The minimum absolute atomic E-state index is 0.0273. The van der Waals surface area contributed by atoms with E-state index in [0.717, 1.165) is 75.7 Å². The maximum Gasteiger partial charge on any atom is 0.415 e. The summed E-state index contributed by atoms with van der Waals surface area (Å²) in [4.78, 5) is 59.4. The molecule has 0 aromatic carbocycles. The fraction of sp³-hybridized carbons (Fsp3) is 0.541. The van der Waals surface area contributed by atoms with E-state index in [-0.39, 0.29) is 42.5 Å². The Labute approximate surface area is 289 Å². The van der Waals surface area contributed by atoms with Gasteiger partial charge < -0.3 is 14.8 Å². The predicted octanol–water partition coefficient (Wildman–Crippen LogP) is 8.89. The minimum Gasteiger partial charge on any atom is -0.464 e. The van der Waals surface area contributed by atoms with Crippen molar-refractivity contribution in [2.24, 2.45) is 0 Å². The van der Waals surface area contributed by atoms with Crippen LogP contribution in [0, 0.1) is 0 Å². The highest BCUT2D eigenvalue weighted by molar-refractivity contribution is 8.77. The molecule has 1 N–H and O–H groups in total. The SMILES string of the molecule is CC/C=C\C/C=C\C/C=C\C/C=C\C/C=C\CCCC(=O)OCCNC(=O)OC(=O)/C=C/C(=O)CC(=O)CCCC[C@]1(C)CCSS1. The Morgan fingerprint density at radius 3 is 2.04 bits per heavy atom. The van der Waals surface area contributed by atoms with Crippen molar-refractivity contribution in [3.63, 3.8) is 0 Å². The summed E-state index contributed by atoms with van der Waals surface area (Å²) in [6, 6.07) is 0. The van der Waals surface area contributed by atoms with Gasteiger partial charge in [0.15, 0.2) is 5.78 Å². The number of Topliss-reactive ketones (excluding diaryl/α,β-unsaturated/α-hetero) is 1. The second-order valence-electron chi connectivity index (χ2n) is 11.3. The summed E-state index contributed by atoms with van der Waals surface area (Å²) < 4.78 is 9.89. The molecule has 10 heteroatoms. The molecule has 0 bridgehead atoms. The van der Waals surface area contributed by atoms with E-state index in [9.17, 15) is 24.0 Å². The average molecular weight is 688 g/mol. The van der Waals surface area contributed by atoms with Crippen LogP contribution in [-0.2, 0) is 28.7 Å². The molecule has 8 nitrogen and oxygen atoms in total. The van der Waals surface area contributed by atoms with Crippen LogP contribution in [0.2, 0.25) is 0 Å². The molecule has 0 unspecified atom stereocenters. The first-order valence-corrected chi connectivity index (χ1v) is 19.0. The number of alkyl carbamates (subject to hydrolysis) is 1. The van der Waals surface area contributed by atoms with Crippen molar-refractivity contribution in [1.29, 1.82) is 0 Å². The number of ether oxygens (including phenoxy) is 2. The molecule has 1 rings (SSSR count). The Balaban J connectivity index is 2.01. The first kappa shape index (κ1) is 41.9. The third-order valence-electron chi connectivity index (χ3n) is 6.90. The van der Waals surface area contributed by atoms with Gasteiger partial charge >= 0.3 is 18.0 Å². The zero-order chi connectivity index (χ0) is 34.4. The van der Waals surface area contributed by atoms with Gasteiger partial charge in [-0.3, -0.25) is 14.4 Å². The van der Waals surface area contributed by atoms with E-state index >= 15 is 0 Å². The Bertz CT molecular complexity index is 1130. The molecule has 0 saturated carbocycles. The lowest BCUT2D eigenvalue weighted by Gasteiger charge is -2.20. The molecule has 1 fully saturated rings. The highest BCUT2D eigenvalue weighted by atomic mass is 33.1. The molecule has 1 aliphatic heterocycles. The third kappa shape index (κ3) is 25.6. The van der Waals surface area contributed by atoms with Gasteiger partial charge in [-0.1, -0.05) is 95.7 Å². The number of carbonyl (C=O) groups is 5. The number of hydrogen-bond acceptors (Lipinski definition) is 9. The molecule has 0 radical (unpaired) electrons. The lowest BCUT2D eigenvalue weighted by atomic mass is 9.98. The summed E-state index contributed by atoms with van der Waals surface area (Å²) in [5.74, 6) is -0.936. The first-order chi connectivity index (χ1) is 22.7. The van der Waals surface area contributed by atoms with Crippen LogP contribution >= 0.6 is 21.6 Å². The van der Waals surface area contributed by atoms with Crippen LogP contribution in [0.1, 0.15) is 104 Å². The monoisotopic (exact) mass is 687 g/mol. The third-order valence-corrected chi connectivity index (χ3v) is 10.3. The van der Waals surface area contributed by atoms with Crippen LogP contribution < -0.4 is 5.32 Å². The fourth-order valence-electron chi connectivity index (χ4n) is 4.26. The zero-order valence-electron chi connectivity index (χ0n) is 28.1. The molecule has 1 aliphatic rings. The number of ketones is 2. The van der Waals surface area contributed by atoms with Crippen LogP contribution in [0.15, 0.2) is 72.9 Å². The minimum atomic E-state index is -1.03. The van der Waals surface area contributed by atoms with E-state index in [4.69, 9.17) is 4.74 Å². The van der Waals surface area contributed by atoms with Gasteiger partial charge in [-0.15, -0.1) is 0 Å². The van der Waals surface area contributed by atoms with E-state index < -0.39 is 17.8 Å². The van der Waals surface area contributed by atoms with E-state index in [0.29, 0.717) is 12.8 Å². The Kier molecular flexibility index (Phi) is 24.9. The highest BCUT2D eigenvalue weighted by Gasteiger charge is 2.29. The molecule has 0 aromatic rings. The predicted molar refractivity (Wildman–Crippen MR) is 194 cm³/mol. The van der Waals surface area contributed by atoms with Gasteiger partial charge in [0, 0.05) is 29.4 Å². The van der Waals surface area contributed by atoms with Gasteiger partial charge in [0.2, 0.25) is 0 Å². The molecule has 1 heterocycles. The second-order valence-corrected chi connectivity index (χ2v) is 14.3. The Morgan fingerprint density at radius 1 is 0.787 bits per heavy atom. The van der Waals surface area contributed by atoms with Crippen molar-refractivity contribution in [1.82, 2.24) is 5.32 Å². The summed E-state index contributed by atoms with van der Waals surface area (Å²) in [7, 11) is 3.80. The molecule has 0 spiro atoms. The van der Waals surface area contributed by atoms with Crippen molar-refractivity contribution < 1.29 is 33.4 Å². The zero-order valence-corrected chi connectivity index (χ0v) is 29.8.